The summed E-state index contributed by atoms with van der Waals surface area (Å²) >= 11 is 0. The molecule has 0 aromatic heterocycles. The Labute approximate surface area is 104 Å². The highest BCUT2D eigenvalue weighted by Gasteiger charge is 2.31. The van der Waals surface area contributed by atoms with Crippen LogP contribution in [-0.2, 0) is 19.1 Å². The van der Waals surface area contributed by atoms with Crippen LogP contribution in [0.3, 0.4) is 0 Å². The van der Waals surface area contributed by atoms with Gasteiger partial charge in [0.15, 0.2) is 0 Å². The molecule has 94 valence electrons. The van der Waals surface area contributed by atoms with Crippen molar-refractivity contribution in [2.45, 2.75) is 13.2 Å². The monoisotopic (exact) mass is 248 g/mol. The van der Waals surface area contributed by atoms with Crippen LogP contribution < -0.4 is 4.74 Å². The summed E-state index contributed by atoms with van der Waals surface area (Å²) in [7, 11) is 1.28. The zero-order valence-corrected chi connectivity index (χ0v) is 10.0. The molecule has 5 heteroatoms. The summed E-state index contributed by atoms with van der Waals surface area (Å²) in [5, 5.41) is 0. The third-order valence-corrected chi connectivity index (χ3v) is 2.43. The molecule has 1 unspecified atom stereocenters. The van der Waals surface area contributed by atoms with E-state index in [0.717, 1.165) is 0 Å². The minimum absolute atomic E-state index is 0.479. The second-order valence-corrected chi connectivity index (χ2v) is 3.68. The number of carbonyl (C=O) groups excluding carboxylic acids is 2. The molecule has 0 bridgehead atoms. The Morgan fingerprint density at radius 1 is 1.33 bits per heavy atom. The molecule has 18 heavy (non-hydrogen) atoms. The molecule has 1 aliphatic rings. The lowest BCUT2D eigenvalue weighted by atomic mass is 10.1. The second kappa shape index (κ2) is 4.91. The summed E-state index contributed by atoms with van der Waals surface area (Å²) < 4.78 is 15.0. The van der Waals surface area contributed by atoms with E-state index >= 15 is 0 Å². The number of hydrogen-bond donors (Lipinski definition) is 0. The van der Waals surface area contributed by atoms with Gasteiger partial charge >= 0.3 is 11.9 Å². The van der Waals surface area contributed by atoms with Crippen LogP contribution >= 0.6 is 0 Å². The highest BCUT2D eigenvalue weighted by atomic mass is 16.7. The second-order valence-electron chi connectivity index (χ2n) is 3.68. The van der Waals surface area contributed by atoms with Gasteiger partial charge < -0.3 is 14.2 Å². The zero-order valence-electron chi connectivity index (χ0n) is 10.0. The van der Waals surface area contributed by atoms with E-state index in [-0.39, 0.29) is 0 Å². The van der Waals surface area contributed by atoms with Crippen LogP contribution in [0.5, 0.6) is 5.75 Å². The van der Waals surface area contributed by atoms with Crippen LogP contribution in [-0.4, -0.2) is 25.3 Å². The molecular formula is C13H12O5. The normalized spacial score (nSPS) is 19.0. The Bertz CT molecular complexity index is 518. The van der Waals surface area contributed by atoms with Gasteiger partial charge in [-0.3, -0.25) is 4.79 Å². The van der Waals surface area contributed by atoms with E-state index in [4.69, 9.17) is 9.47 Å². The molecule has 2 rings (SSSR count). The van der Waals surface area contributed by atoms with Gasteiger partial charge in [0, 0.05) is 18.6 Å². The first-order valence-electron chi connectivity index (χ1n) is 5.34. The third-order valence-electron chi connectivity index (χ3n) is 2.43. The lowest BCUT2D eigenvalue weighted by molar-refractivity contribution is -0.153. The number of rotatable bonds is 2. The number of esters is 2. The van der Waals surface area contributed by atoms with Crippen molar-refractivity contribution in [1.82, 2.24) is 0 Å². The first-order chi connectivity index (χ1) is 8.61. The van der Waals surface area contributed by atoms with E-state index in [1.54, 1.807) is 18.2 Å². The molecule has 1 aliphatic heterocycles. The van der Waals surface area contributed by atoms with E-state index in [1.807, 2.05) is 6.07 Å². The number of benzene rings is 1. The maximum absolute atomic E-state index is 11.3. The van der Waals surface area contributed by atoms with Gasteiger partial charge in [-0.05, 0) is 6.07 Å². The molecule has 0 spiro atoms. The highest BCUT2D eigenvalue weighted by molar-refractivity contribution is 5.94. The largest absolute Gasteiger partial charge is 0.466 e. The summed E-state index contributed by atoms with van der Waals surface area (Å²) in [5.74, 6) is -0.440. The van der Waals surface area contributed by atoms with Crippen molar-refractivity contribution in [2.75, 3.05) is 7.11 Å². The molecule has 1 atom stereocenters. The van der Waals surface area contributed by atoms with Crippen molar-refractivity contribution in [2.24, 2.45) is 0 Å². The molecule has 0 saturated heterocycles. The zero-order chi connectivity index (χ0) is 13.1. The van der Waals surface area contributed by atoms with Gasteiger partial charge in [0.1, 0.15) is 5.75 Å². The fourth-order valence-electron chi connectivity index (χ4n) is 1.68. The van der Waals surface area contributed by atoms with Crippen LogP contribution in [0.1, 0.15) is 12.5 Å². The van der Waals surface area contributed by atoms with Gasteiger partial charge in [-0.2, -0.15) is 0 Å². The molecule has 0 aliphatic carbocycles. The topological polar surface area (TPSA) is 61.8 Å². The maximum Gasteiger partial charge on any atom is 0.331 e. The molecule has 0 radical (unpaired) electrons. The van der Waals surface area contributed by atoms with Crippen LogP contribution in [0.2, 0.25) is 0 Å². The SMILES string of the molecule is COC(=O)/C=C1\c2ccccc2OC1OC(C)=O. The number of ether oxygens (including phenoxy) is 3. The number of methoxy groups -OCH3 is 1. The molecule has 0 fully saturated rings. The summed E-state index contributed by atoms with van der Waals surface area (Å²) in [6.07, 6.45) is 0.360. The fraction of sp³-hybridized carbons (Fsp3) is 0.231. The molecule has 0 saturated carbocycles. The van der Waals surface area contributed by atoms with E-state index in [1.165, 1.54) is 20.1 Å². The number of hydrogen-bond acceptors (Lipinski definition) is 5. The van der Waals surface area contributed by atoms with Crippen LogP contribution in [0.25, 0.3) is 5.57 Å². The predicted molar refractivity (Wildman–Crippen MR) is 62.6 cm³/mol. The predicted octanol–water partition coefficient (Wildman–Crippen LogP) is 1.52. The van der Waals surface area contributed by atoms with E-state index < -0.39 is 18.2 Å². The van der Waals surface area contributed by atoms with Crippen molar-refractivity contribution in [3.63, 3.8) is 0 Å². The Morgan fingerprint density at radius 2 is 2.06 bits per heavy atom. The van der Waals surface area contributed by atoms with Crippen LogP contribution in [0.4, 0.5) is 0 Å². The van der Waals surface area contributed by atoms with Crippen molar-refractivity contribution in [1.29, 1.82) is 0 Å². The van der Waals surface area contributed by atoms with Crippen molar-refractivity contribution in [3.05, 3.63) is 35.9 Å². The Morgan fingerprint density at radius 3 is 2.72 bits per heavy atom. The summed E-state index contributed by atoms with van der Waals surface area (Å²) in [6, 6.07) is 7.13. The average Bonchev–Trinajstić information content (AvgIpc) is 2.66. The molecule has 0 amide bonds. The Kier molecular flexibility index (Phi) is 3.32. The number of fused-ring (bicyclic) bond motifs is 1. The van der Waals surface area contributed by atoms with E-state index in [0.29, 0.717) is 16.9 Å². The van der Waals surface area contributed by atoms with Crippen molar-refractivity contribution < 1.29 is 23.8 Å². The minimum atomic E-state index is -0.904. The quantitative estimate of drug-likeness (QED) is 0.586. The summed E-state index contributed by atoms with van der Waals surface area (Å²) in [6.45, 7) is 1.28. The van der Waals surface area contributed by atoms with Gasteiger partial charge in [-0.1, -0.05) is 18.2 Å². The van der Waals surface area contributed by atoms with Gasteiger partial charge in [-0.25, -0.2) is 4.79 Å². The Balaban J connectivity index is 2.38. The lowest BCUT2D eigenvalue weighted by Crippen LogP contribution is -2.20. The van der Waals surface area contributed by atoms with Crippen molar-refractivity contribution >= 4 is 17.5 Å². The molecule has 1 aromatic rings. The average molecular weight is 248 g/mol. The van der Waals surface area contributed by atoms with E-state index in [9.17, 15) is 9.59 Å². The van der Waals surface area contributed by atoms with E-state index in [2.05, 4.69) is 4.74 Å². The molecule has 1 aromatic carbocycles. The van der Waals surface area contributed by atoms with Gasteiger partial charge in [-0.15, -0.1) is 0 Å². The van der Waals surface area contributed by atoms with Gasteiger partial charge in [0.25, 0.3) is 6.29 Å². The maximum atomic E-state index is 11.3. The summed E-state index contributed by atoms with van der Waals surface area (Å²) in [5.41, 5.74) is 1.20. The molecule has 1 heterocycles. The van der Waals surface area contributed by atoms with Crippen LogP contribution in [0, 0.1) is 0 Å². The molecule has 5 nitrogen and oxygen atoms in total. The smallest absolute Gasteiger partial charge is 0.331 e. The fourth-order valence-corrected chi connectivity index (χ4v) is 1.68. The first kappa shape index (κ1) is 12.2. The highest BCUT2D eigenvalue weighted by Crippen LogP contribution is 2.37. The standard InChI is InChI=1S/C13H12O5/c1-8(14)17-13-10(7-12(15)16-2)9-5-3-4-6-11(9)18-13/h3-7,13H,1-2H3/b10-7+. The summed E-state index contributed by atoms with van der Waals surface area (Å²) in [4.78, 5) is 22.3. The molecule has 0 N–H and O–H groups in total. The number of para-hydroxylation sites is 1. The first-order valence-corrected chi connectivity index (χ1v) is 5.34. The van der Waals surface area contributed by atoms with Gasteiger partial charge in [0.2, 0.25) is 0 Å². The van der Waals surface area contributed by atoms with Crippen LogP contribution in [0.15, 0.2) is 30.3 Å². The molecular weight excluding hydrogens is 236 g/mol. The van der Waals surface area contributed by atoms with Gasteiger partial charge in [0.05, 0.1) is 12.7 Å². The van der Waals surface area contributed by atoms with Crippen molar-refractivity contribution in [3.8, 4) is 5.75 Å². The lowest BCUT2D eigenvalue weighted by Gasteiger charge is -2.11. The Hall–Kier alpha value is -2.30. The third kappa shape index (κ3) is 2.34. The number of carbonyl (C=O) groups is 2. The minimum Gasteiger partial charge on any atom is -0.466 e.